The highest BCUT2D eigenvalue weighted by atomic mass is 32.2. The topological polar surface area (TPSA) is 29.5 Å². The molecule has 1 atom stereocenters. The van der Waals surface area contributed by atoms with Crippen LogP contribution in [0.4, 0.5) is 5.69 Å². The lowest BCUT2D eigenvalue weighted by atomic mass is 10.2. The van der Waals surface area contributed by atoms with E-state index in [2.05, 4.69) is 12.1 Å². The lowest BCUT2D eigenvalue weighted by molar-refractivity contribution is -0.115. The maximum Gasteiger partial charge on any atom is 0.238 e. The van der Waals surface area contributed by atoms with Crippen LogP contribution >= 0.6 is 11.8 Å². The molecular weight excluding hydrogens is 282 g/mol. The molecule has 0 radical (unpaired) electrons. The summed E-state index contributed by atoms with van der Waals surface area (Å²) in [6, 6.07) is 17.9. The summed E-state index contributed by atoms with van der Waals surface area (Å²) in [5.41, 5.74) is 2.07. The van der Waals surface area contributed by atoms with E-state index in [0.29, 0.717) is 12.4 Å². The van der Waals surface area contributed by atoms with Gasteiger partial charge in [0.15, 0.2) is 0 Å². The summed E-state index contributed by atoms with van der Waals surface area (Å²) < 4.78 is 5.45. The standard InChI is InChI=1S/C17H17NO2S/c1-2-20-15-10-8-14(9-11-15)18-16(19)12-21-17(18)13-6-4-3-5-7-13/h3-11,17H,2,12H2,1H3. The third kappa shape index (κ3) is 2.90. The highest BCUT2D eigenvalue weighted by Gasteiger charge is 2.33. The van der Waals surface area contributed by atoms with Gasteiger partial charge in [-0.3, -0.25) is 9.69 Å². The zero-order valence-electron chi connectivity index (χ0n) is 11.9. The van der Waals surface area contributed by atoms with Gasteiger partial charge >= 0.3 is 0 Å². The van der Waals surface area contributed by atoms with Gasteiger partial charge in [0.1, 0.15) is 11.1 Å². The van der Waals surface area contributed by atoms with Gasteiger partial charge in [-0.2, -0.15) is 0 Å². The zero-order valence-corrected chi connectivity index (χ0v) is 12.7. The van der Waals surface area contributed by atoms with E-state index in [0.717, 1.165) is 17.0 Å². The Morgan fingerprint density at radius 3 is 2.52 bits per heavy atom. The first kappa shape index (κ1) is 14.0. The number of rotatable bonds is 4. The van der Waals surface area contributed by atoms with Gasteiger partial charge in [0.2, 0.25) is 5.91 Å². The SMILES string of the molecule is CCOc1ccc(N2C(=O)CSC2c2ccccc2)cc1. The second-order valence-corrected chi connectivity index (χ2v) is 5.83. The molecule has 3 rings (SSSR count). The number of carbonyl (C=O) groups excluding carboxylic acids is 1. The molecular formula is C17H17NO2S. The molecule has 0 saturated carbocycles. The van der Waals surface area contributed by atoms with Crippen molar-refractivity contribution in [3.63, 3.8) is 0 Å². The molecule has 1 unspecified atom stereocenters. The van der Waals surface area contributed by atoms with E-state index in [1.54, 1.807) is 11.8 Å². The summed E-state index contributed by atoms with van der Waals surface area (Å²) >= 11 is 1.67. The molecule has 108 valence electrons. The Bertz CT molecular complexity index is 612. The van der Waals surface area contributed by atoms with Crippen molar-refractivity contribution in [3.8, 4) is 5.75 Å². The van der Waals surface area contributed by atoms with Gasteiger partial charge in [0.25, 0.3) is 0 Å². The normalized spacial score (nSPS) is 18.0. The molecule has 1 aliphatic rings. The molecule has 1 amide bonds. The minimum absolute atomic E-state index is 0.0524. The summed E-state index contributed by atoms with van der Waals surface area (Å²) in [5.74, 6) is 1.50. The van der Waals surface area contributed by atoms with Crippen LogP contribution in [0.1, 0.15) is 17.9 Å². The Morgan fingerprint density at radius 2 is 1.86 bits per heavy atom. The first-order valence-corrected chi connectivity index (χ1v) is 8.06. The van der Waals surface area contributed by atoms with Crippen LogP contribution in [0.25, 0.3) is 0 Å². The van der Waals surface area contributed by atoms with Crippen molar-refractivity contribution >= 4 is 23.4 Å². The van der Waals surface area contributed by atoms with Gasteiger partial charge in [-0.1, -0.05) is 30.3 Å². The minimum atomic E-state index is 0.0524. The van der Waals surface area contributed by atoms with Gasteiger partial charge < -0.3 is 4.74 Å². The molecule has 2 aromatic rings. The Hall–Kier alpha value is -1.94. The quantitative estimate of drug-likeness (QED) is 0.858. The van der Waals surface area contributed by atoms with Crippen molar-refractivity contribution < 1.29 is 9.53 Å². The van der Waals surface area contributed by atoms with Crippen molar-refractivity contribution in [2.45, 2.75) is 12.3 Å². The highest BCUT2D eigenvalue weighted by molar-refractivity contribution is 8.00. The van der Waals surface area contributed by atoms with Crippen molar-refractivity contribution in [1.29, 1.82) is 0 Å². The molecule has 0 N–H and O–H groups in total. The van der Waals surface area contributed by atoms with Crippen molar-refractivity contribution in [2.75, 3.05) is 17.3 Å². The number of carbonyl (C=O) groups is 1. The predicted molar refractivity (Wildman–Crippen MR) is 86.7 cm³/mol. The molecule has 21 heavy (non-hydrogen) atoms. The fourth-order valence-corrected chi connectivity index (χ4v) is 3.61. The number of hydrogen-bond acceptors (Lipinski definition) is 3. The first-order valence-electron chi connectivity index (χ1n) is 7.01. The largest absolute Gasteiger partial charge is 0.494 e. The van der Waals surface area contributed by atoms with E-state index < -0.39 is 0 Å². The summed E-state index contributed by atoms with van der Waals surface area (Å²) in [4.78, 5) is 14.1. The fourth-order valence-electron chi connectivity index (χ4n) is 2.44. The van der Waals surface area contributed by atoms with E-state index in [1.165, 1.54) is 0 Å². The third-order valence-electron chi connectivity index (χ3n) is 3.38. The van der Waals surface area contributed by atoms with E-state index in [4.69, 9.17) is 4.74 Å². The molecule has 1 aliphatic heterocycles. The van der Waals surface area contributed by atoms with Gasteiger partial charge in [-0.15, -0.1) is 11.8 Å². The van der Waals surface area contributed by atoms with Crippen LogP contribution in [0.3, 0.4) is 0 Å². The second-order valence-electron chi connectivity index (χ2n) is 4.76. The van der Waals surface area contributed by atoms with Crippen LogP contribution in [-0.2, 0) is 4.79 Å². The van der Waals surface area contributed by atoms with Gasteiger partial charge in [0.05, 0.1) is 12.4 Å². The number of nitrogens with zero attached hydrogens (tertiary/aromatic N) is 1. The second kappa shape index (κ2) is 6.22. The molecule has 0 aliphatic carbocycles. The zero-order chi connectivity index (χ0) is 14.7. The average molecular weight is 299 g/mol. The van der Waals surface area contributed by atoms with Gasteiger partial charge in [-0.05, 0) is 36.8 Å². The Morgan fingerprint density at radius 1 is 1.14 bits per heavy atom. The van der Waals surface area contributed by atoms with Crippen LogP contribution in [0.5, 0.6) is 5.75 Å². The van der Waals surface area contributed by atoms with Gasteiger partial charge in [0, 0.05) is 5.69 Å². The van der Waals surface area contributed by atoms with Crippen LogP contribution < -0.4 is 9.64 Å². The number of anilines is 1. The number of benzene rings is 2. The summed E-state index contributed by atoms with van der Waals surface area (Å²) in [5, 5.41) is 0.0524. The summed E-state index contributed by atoms with van der Waals surface area (Å²) in [6.45, 7) is 2.60. The predicted octanol–water partition coefficient (Wildman–Crippen LogP) is 3.86. The minimum Gasteiger partial charge on any atom is -0.494 e. The summed E-state index contributed by atoms with van der Waals surface area (Å²) in [7, 11) is 0. The molecule has 0 aromatic heterocycles. The maximum atomic E-state index is 12.2. The molecule has 2 aromatic carbocycles. The Labute approximate surface area is 128 Å². The number of hydrogen-bond donors (Lipinski definition) is 0. The highest BCUT2D eigenvalue weighted by Crippen LogP contribution is 2.41. The number of amides is 1. The maximum absolute atomic E-state index is 12.2. The van der Waals surface area contributed by atoms with Crippen LogP contribution in [-0.4, -0.2) is 18.3 Å². The smallest absolute Gasteiger partial charge is 0.238 e. The monoisotopic (exact) mass is 299 g/mol. The van der Waals surface area contributed by atoms with Crippen molar-refractivity contribution in [2.24, 2.45) is 0 Å². The van der Waals surface area contributed by atoms with E-state index in [9.17, 15) is 4.79 Å². The Balaban J connectivity index is 1.89. The van der Waals surface area contributed by atoms with Crippen LogP contribution in [0, 0.1) is 0 Å². The van der Waals surface area contributed by atoms with Crippen LogP contribution in [0.2, 0.25) is 0 Å². The third-order valence-corrected chi connectivity index (χ3v) is 4.59. The Kier molecular flexibility index (Phi) is 4.15. The molecule has 1 heterocycles. The molecule has 1 fully saturated rings. The number of ether oxygens (including phenoxy) is 1. The van der Waals surface area contributed by atoms with Gasteiger partial charge in [-0.25, -0.2) is 0 Å². The molecule has 0 bridgehead atoms. The lowest BCUT2D eigenvalue weighted by Crippen LogP contribution is -2.27. The summed E-state index contributed by atoms with van der Waals surface area (Å²) in [6.07, 6.45) is 0. The number of thioether (sulfide) groups is 1. The van der Waals surface area contributed by atoms with Crippen molar-refractivity contribution in [1.82, 2.24) is 0 Å². The average Bonchev–Trinajstić information content (AvgIpc) is 2.91. The van der Waals surface area contributed by atoms with E-state index in [-0.39, 0.29) is 11.3 Å². The molecule has 3 nitrogen and oxygen atoms in total. The van der Waals surface area contributed by atoms with E-state index in [1.807, 2.05) is 54.3 Å². The molecule has 0 spiro atoms. The van der Waals surface area contributed by atoms with Crippen molar-refractivity contribution in [3.05, 3.63) is 60.2 Å². The van der Waals surface area contributed by atoms with E-state index >= 15 is 0 Å². The fraction of sp³-hybridized carbons (Fsp3) is 0.235. The first-order chi connectivity index (χ1) is 10.3. The lowest BCUT2D eigenvalue weighted by Gasteiger charge is -2.24. The molecule has 1 saturated heterocycles. The molecule has 4 heteroatoms. The van der Waals surface area contributed by atoms with Crippen LogP contribution in [0.15, 0.2) is 54.6 Å².